The van der Waals surface area contributed by atoms with E-state index in [1.165, 1.54) is 18.5 Å². The summed E-state index contributed by atoms with van der Waals surface area (Å²) in [5, 5.41) is 0.441. The first-order valence-electron chi connectivity index (χ1n) is 4.77. The lowest BCUT2D eigenvalue weighted by molar-refractivity contribution is 0.0922. The smallest absolute Gasteiger partial charge is 0.202 e. The third-order valence-corrected chi connectivity index (χ3v) is 3.70. The second kappa shape index (κ2) is 5.89. The van der Waals surface area contributed by atoms with E-state index in [1.54, 1.807) is 6.07 Å². The van der Waals surface area contributed by atoms with Gasteiger partial charge in [0.05, 0.1) is 21.1 Å². The quantitative estimate of drug-likeness (QED) is 0.785. The van der Waals surface area contributed by atoms with E-state index in [9.17, 15) is 4.79 Å². The van der Waals surface area contributed by atoms with Gasteiger partial charge in [0, 0.05) is 12.3 Å². The van der Waals surface area contributed by atoms with Gasteiger partial charge in [0.25, 0.3) is 0 Å². The van der Waals surface area contributed by atoms with Gasteiger partial charge >= 0.3 is 0 Å². The lowest BCUT2D eigenvalue weighted by Crippen LogP contribution is -2.11. The van der Waals surface area contributed by atoms with Gasteiger partial charge in [-0.05, 0) is 6.07 Å². The molecule has 7 heteroatoms. The monoisotopic (exact) mass is 321 g/mol. The van der Waals surface area contributed by atoms with Crippen LogP contribution in [0.4, 0.5) is 0 Å². The minimum Gasteiger partial charge on any atom is -0.484 e. The van der Waals surface area contributed by atoms with E-state index in [2.05, 4.69) is 4.98 Å². The van der Waals surface area contributed by atoms with Crippen LogP contribution in [0.2, 0.25) is 13.7 Å². The molecule has 0 radical (unpaired) electrons. The zero-order valence-electron chi connectivity index (χ0n) is 8.82. The van der Waals surface area contributed by atoms with Gasteiger partial charge in [0.2, 0.25) is 5.78 Å². The zero-order valence-corrected chi connectivity index (χ0v) is 11.9. The van der Waals surface area contributed by atoms with Crippen molar-refractivity contribution in [3.8, 4) is 5.75 Å². The highest BCUT2D eigenvalue weighted by Gasteiger charge is 2.14. The van der Waals surface area contributed by atoms with Crippen LogP contribution in [0.3, 0.4) is 0 Å². The van der Waals surface area contributed by atoms with Crippen LogP contribution in [0.25, 0.3) is 0 Å². The Kier molecular flexibility index (Phi) is 4.45. The highest BCUT2D eigenvalue weighted by Crippen LogP contribution is 2.31. The third kappa shape index (κ3) is 3.36. The van der Waals surface area contributed by atoms with Gasteiger partial charge in [0.15, 0.2) is 6.61 Å². The van der Waals surface area contributed by atoms with E-state index in [0.29, 0.717) is 25.0 Å². The minimum absolute atomic E-state index is 0.144. The number of hydrogen-bond donors (Lipinski definition) is 0. The Balaban J connectivity index is 2.03. The number of Topliss-reactive ketones (excluding diaryl/α,β-unsaturated/α-hetero) is 1. The molecule has 0 aliphatic carbocycles. The number of aromatic nitrogens is 1. The van der Waals surface area contributed by atoms with Gasteiger partial charge in [-0.15, -0.1) is 11.3 Å². The molecule has 94 valence electrons. The van der Waals surface area contributed by atoms with Gasteiger partial charge in [-0.1, -0.05) is 34.8 Å². The maximum Gasteiger partial charge on any atom is 0.202 e. The number of ketones is 1. The van der Waals surface area contributed by atoms with Crippen LogP contribution in [0.5, 0.6) is 5.75 Å². The van der Waals surface area contributed by atoms with Crippen LogP contribution >= 0.6 is 46.1 Å². The van der Waals surface area contributed by atoms with Crippen LogP contribution in [-0.2, 0) is 0 Å². The van der Waals surface area contributed by atoms with Crippen molar-refractivity contribution < 1.29 is 9.53 Å². The fourth-order valence-corrected chi connectivity index (χ4v) is 2.89. The van der Waals surface area contributed by atoms with Gasteiger partial charge in [0.1, 0.15) is 10.1 Å². The molecule has 0 aromatic carbocycles. The SMILES string of the molecule is O=C(COc1cncc(Cl)c1)c1cc(Cl)sc1Cl. The Morgan fingerprint density at radius 2 is 2.06 bits per heavy atom. The van der Waals surface area contributed by atoms with Crippen molar-refractivity contribution in [2.24, 2.45) is 0 Å². The molecular weight excluding hydrogens is 317 g/mol. The summed E-state index contributed by atoms with van der Waals surface area (Å²) in [6.07, 6.45) is 2.95. The van der Waals surface area contributed by atoms with Crippen molar-refractivity contribution in [2.45, 2.75) is 0 Å². The average Bonchev–Trinajstić information content (AvgIpc) is 2.66. The molecule has 2 aromatic heterocycles. The number of rotatable bonds is 4. The molecule has 0 fully saturated rings. The van der Waals surface area contributed by atoms with Gasteiger partial charge in [-0.2, -0.15) is 0 Å². The van der Waals surface area contributed by atoms with E-state index in [-0.39, 0.29) is 12.4 Å². The topological polar surface area (TPSA) is 39.2 Å². The van der Waals surface area contributed by atoms with E-state index in [1.807, 2.05) is 0 Å². The maximum absolute atomic E-state index is 11.8. The number of carbonyl (C=O) groups excluding carboxylic acids is 1. The second-order valence-corrected chi connectivity index (χ2v) is 6.01. The zero-order chi connectivity index (χ0) is 13.1. The predicted molar refractivity (Wildman–Crippen MR) is 73.4 cm³/mol. The van der Waals surface area contributed by atoms with Crippen molar-refractivity contribution in [1.29, 1.82) is 0 Å². The third-order valence-electron chi connectivity index (χ3n) is 2.01. The van der Waals surface area contributed by atoms with Gasteiger partial charge in [-0.25, -0.2) is 0 Å². The molecule has 18 heavy (non-hydrogen) atoms. The lowest BCUT2D eigenvalue weighted by Gasteiger charge is -2.04. The van der Waals surface area contributed by atoms with Crippen molar-refractivity contribution in [1.82, 2.24) is 4.98 Å². The molecule has 3 nitrogen and oxygen atoms in total. The molecule has 0 aliphatic heterocycles. The molecular formula is C11H6Cl3NO2S. The highest BCUT2D eigenvalue weighted by atomic mass is 35.5. The Morgan fingerprint density at radius 3 is 2.67 bits per heavy atom. The average molecular weight is 323 g/mol. The second-order valence-electron chi connectivity index (χ2n) is 3.29. The maximum atomic E-state index is 11.8. The highest BCUT2D eigenvalue weighted by molar-refractivity contribution is 7.20. The summed E-state index contributed by atoms with van der Waals surface area (Å²) in [4.78, 5) is 15.7. The molecule has 0 amide bonds. The molecule has 0 bridgehead atoms. The molecule has 2 heterocycles. The molecule has 2 rings (SSSR count). The number of carbonyl (C=O) groups is 1. The number of ether oxygens (including phenoxy) is 1. The van der Waals surface area contributed by atoms with Crippen molar-refractivity contribution >= 4 is 51.9 Å². The summed E-state index contributed by atoms with van der Waals surface area (Å²) < 4.78 is 6.10. The fraction of sp³-hybridized carbons (Fsp3) is 0.0909. The molecule has 0 saturated carbocycles. The molecule has 2 aromatic rings. The molecule has 0 atom stereocenters. The van der Waals surface area contributed by atoms with E-state index < -0.39 is 0 Å². The molecule has 0 spiro atoms. The number of nitrogens with zero attached hydrogens (tertiary/aromatic N) is 1. The molecule has 0 saturated heterocycles. The largest absolute Gasteiger partial charge is 0.484 e. The Labute approximate surface area is 122 Å². The summed E-state index contributed by atoms with van der Waals surface area (Å²) in [7, 11) is 0. The summed E-state index contributed by atoms with van der Waals surface area (Å²) in [5.74, 6) is 0.177. The lowest BCUT2D eigenvalue weighted by atomic mass is 10.2. The van der Waals surface area contributed by atoms with Gasteiger partial charge < -0.3 is 4.74 Å². The van der Waals surface area contributed by atoms with Crippen LogP contribution in [-0.4, -0.2) is 17.4 Å². The van der Waals surface area contributed by atoms with Crippen molar-refractivity contribution in [3.05, 3.63) is 43.8 Å². The first kappa shape index (κ1) is 13.6. The van der Waals surface area contributed by atoms with Crippen LogP contribution in [0.15, 0.2) is 24.5 Å². The summed E-state index contributed by atoms with van der Waals surface area (Å²) in [6, 6.07) is 3.10. The summed E-state index contributed by atoms with van der Waals surface area (Å²) >= 11 is 18.5. The number of hydrogen-bond acceptors (Lipinski definition) is 4. The summed E-state index contributed by atoms with van der Waals surface area (Å²) in [5.41, 5.74) is 0.363. The Hall–Kier alpha value is -0.810. The first-order valence-corrected chi connectivity index (χ1v) is 6.72. The van der Waals surface area contributed by atoms with Crippen LogP contribution in [0, 0.1) is 0 Å². The fourth-order valence-electron chi connectivity index (χ4n) is 1.23. The number of halogens is 3. The normalized spacial score (nSPS) is 10.4. The molecule has 0 N–H and O–H groups in total. The predicted octanol–water partition coefficient (Wildman–Crippen LogP) is 4.37. The molecule has 0 aliphatic rings. The van der Waals surface area contributed by atoms with Crippen molar-refractivity contribution in [3.63, 3.8) is 0 Å². The Morgan fingerprint density at radius 1 is 1.28 bits per heavy atom. The molecule has 0 unspecified atom stereocenters. The first-order chi connectivity index (χ1) is 8.56. The number of pyridine rings is 1. The Bertz CT molecular complexity index is 585. The number of thiophene rings is 1. The van der Waals surface area contributed by atoms with E-state index in [4.69, 9.17) is 39.5 Å². The van der Waals surface area contributed by atoms with Crippen molar-refractivity contribution in [2.75, 3.05) is 6.61 Å². The van der Waals surface area contributed by atoms with Gasteiger partial charge in [-0.3, -0.25) is 9.78 Å². The summed E-state index contributed by atoms with van der Waals surface area (Å²) in [6.45, 7) is -0.144. The van der Waals surface area contributed by atoms with Crippen LogP contribution in [0.1, 0.15) is 10.4 Å². The van der Waals surface area contributed by atoms with Crippen LogP contribution < -0.4 is 4.74 Å². The van der Waals surface area contributed by atoms with E-state index >= 15 is 0 Å². The minimum atomic E-state index is -0.247. The standard InChI is InChI=1S/C11H6Cl3NO2S/c12-6-1-7(4-15-3-6)17-5-9(16)8-2-10(13)18-11(8)14/h1-4H,5H2. The van der Waals surface area contributed by atoms with E-state index in [0.717, 1.165) is 11.3 Å².